The fraction of sp³-hybridized carbons (Fsp3) is 0.229. The number of ether oxygens (including phenoxy) is 2. The van der Waals surface area contributed by atoms with Crippen LogP contribution in [0.15, 0.2) is 97.1 Å². The van der Waals surface area contributed by atoms with Crippen LogP contribution in [-0.4, -0.2) is 31.9 Å². The van der Waals surface area contributed by atoms with Crippen molar-refractivity contribution in [2.45, 2.75) is 59.8 Å². The van der Waals surface area contributed by atoms with E-state index in [0.29, 0.717) is 28.8 Å². The van der Waals surface area contributed by atoms with Gasteiger partial charge in [-0.1, -0.05) is 77.1 Å². The van der Waals surface area contributed by atoms with Crippen LogP contribution in [0, 0.1) is 0 Å². The standard InChI is InChI=1S/C24H20N2O3.C24H29NO2/c1-15(27)25-18-7-5-6-17(14-18)20-12-16(10-11-23(20)29-2)13-21-19-8-3-4-9-22(19)26-24(21)28;1-7-16-8-9-22-20(10-16)21(24(26)25-22)13-17-11-18(14(2)3)23(27-6)19(12-17)15(4)5/h3-14H,1-2H3,(H,25,27)(H,26,28);8-15H,7H2,1-6H3,(H,25,26). The minimum absolute atomic E-state index is 0.0359. The van der Waals surface area contributed by atoms with Crippen molar-refractivity contribution in [3.05, 3.63) is 136 Å². The molecular formula is C48H49N3O5. The van der Waals surface area contributed by atoms with Crippen molar-refractivity contribution in [3.8, 4) is 22.6 Å². The summed E-state index contributed by atoms with van der Waals surface area (Å²) in [5.41, 5.74) is 13.0. The molecule has 5 aromatic rings. The van der Waals surface area contributed by atoms with Crippen LogP contribution in [0.2, 0.25) is 0 Å². The predicted molar refractivity (Wildman–Crippen MR) is 229 cm³/mol. The number of rotatable bonds is 9. The number of carbonyl (C=O) groups excluding carboxylic acids is 3. The summed E-state index contributed by atoms with van der Waals surface area (Å²) in [4.78, 5) is 36.4. The highest BCUT2D eigenvalue weighted by atomic mass is 16.5. The van der Waals surface area contributed by atoms with Crippen LogP contribution < -0.4 is 25.4 Å². The summed E-state index contributed by atoms with van der Waals surface area (Å²) in [5, 5.41) is 8.67. The van der Waals surface area contributed by atoms with Crippen LogP contribution in [0.5, 0.6) is 11.5 Å². The topological polar surface area (TPSA) is 106 Å². The molecule has 2 heterocycles. The lowest BCUT2D eigenvalue weighted by molar-refractivity contribution is -0.114. The molecule has 0 radical (unpaired) electrons. The molecule has 8 nitrogen and oxygen atoms in total. The Labute approximate surface area is 329 Å². The van der Waals surface area contributed by atoms with E-state index in [1.165, 1.54) is 23.6 Å². The summed E-state index contributed by atoms with van der Waals surface area (Å²) in [5.74, 6) is 2.08. The maximum absolute atomic E-state index is 12.6. The van der Waals surface area contributed by atoms with Gasteiger partial charge in [-0.15, -0.1) is 0 Å². The smallest absolute Gasteiger partial charge is 0.256 e. The van der Waals surface area contributed by atoms with Gasteiger partial charge in [0.25, 0.3) is 11.8 Å². The lowest BCUT2D eigenvalue weighted by Gasteiger charge is -2.19. The Hall–Kier alpha value is -6.41. The molecule has 2 aliphatic heterocycles. The monoisotopic (exact) mass is 747 g/mol. The number of amides is 3. The fourth-order valence-corrected chi connectivity index (χ4v) is 7.10. The van der Waals surface area contributed by atoms with E-state index in [1.807, 2.05) is 84.9 Å². The van der Waals surface area contributed by atoms with E-state index in [9.17, 15) is 14.4 Å². The number of methoxy groups -OCH3 is 2. The van der Waals surface area contributed by atoms with Gasteiger partial charge in [0.15, 0.2) is 0 Å². The Morgan fingerprint density at radius 3 is 1.95 bits per heavy atom. The number of anilines is 3. The summed E-state index contributed by atoms with van der Waals surface area (Å²) < 4.78 is 11.3. The normalized spacial score (nSPS) is 14.2. The molecule has 0 saturated carbocycles. The summed E-state index contributed by atoms with van der Waals surface area (Å²) >= 11 is 0. The maximum Gasteiger partial charge on any atom is 0.256 e. The van der Waals surface area contributed by atoms with Crippen molar-refractivity contribution < 1.29 is 23.9 Å². The Morgan fingerprint density at radius 1 is 0.679 bits per heavy atom. The van der Waals surface area contributed by atoms with Gasteiger partial charge in [0, 0.05) is 51.8 Å². The lowest BCUT2D eigenvalue weighted by atomic mass is 9.90. The molecule has 0 atom stereocenters. The second-order valence-corrected chi connectivity index (χ2v) is 14.6. The number of hydrogen-bond donors (Lipinski definition) is 3. The van der Waals surface area contributed by atoms with E-state index in [0.717, 1.165) is 62.5 Å². The zero-order valence-corrected chi connectivity index (χ0v) is 33.3. The number of para-hydroxylation sites is 1. The summed E-state index contributed by atoms with van der Waals surface area (Å²) in [6.07, 6.45) is 4.84. The molecule has 0 spiro atoms. The molecule has 0 bridgehead atoms. The minimum Gasteiger partial charge on any atom is -0.496 e. The highest BCUT2D eigenvalue weighted by Crippen LogP contribution is 2.40. The first-order valence-corrected chi connectivity index (χ1v) is 19.0. The first-order valence-electron chi connectivity index (χ1n) is 19.0. The van der Waals surface area contributed by atoms with Gasteiger partial charge in [-0.25, -0.2) is 0 Å². The second-order valence-electron chi connectivity index (χ2n) is 14.6. The van der Waals surface area contributed by atoms with Crippen LogP contribution in [0.4, 0.5) is 17.1 Å². The van der Waals surface area contributed by atoms with Crippen molar-refractivity contribution in [2.75, 3.05) is 30.2 Å². The van der Waals surface area contributed by atoms with Crippen molar-refractivity contribution in [2.24, 2.45) is 0 Å². The first kappa shape index (κ1) is 39.3. The van der Waals surface area contributed by atoms with E-state index in [-0.39, 0.29) is 17.7 Å². The minimum atomic E-state index is -0.126. The molecule has 0 aromatic heterocycles. The van der Waals surface area contributed by atoms with E-state index < -0.39 is 0 Å². The van der Waals surface area contributed by atoms with E-state index in [1.54, 1.807) is 14.2 Å². The van der Waals surface area contributed by atoms with Gasteiger partial charge in [0.2, 0.25) is 5.91 Å². The highest BCUT2D eigenvalue weighted by Gasteiger charge is 2.26. The van der Waals surface area contributed by atoms with Crippen LogP contribution in [0.25, 0.3) is 34.4 Å². The van der Waals surface area contributed by atoms with Gasteiger partial charge < -0.3 is 25.4 Å². The highest BCUT2D eigenvalue weighted by molar-refractivity contribution is 6.35. The summed E-state index contributed by atoms with van der Waals surface area (Å²) in [7, 11) is 3.35. The SMILES string of the molecule is CCc1ccc2c(c1)C(=Cc1cc(C(C)C)c(OC)c(C(C)C)c1)C(=O)N2.COc1ccc(C=C2C(=O)Nc3ccccc32)cc1-c1cccc(NC(C)=O)c1. The number of aryl methyl sites for hydroxylation is 1. The molecular weight excluding hydrogens is 699 g/mol. The van der Waals surface area contributed by atoms with Gasteiger partial charge in [-0.05, 0) is 118 Å². The molecule has 0 fully saturated rings. The van der Waals surface area contributed by atoms with Crippen molar-refractivity contribution >= 4 is 58.1 Å². The number of hydrogen-bond acceptors (Lipinski definition) is 5. The third kappa shape index (κ3) is 8.45. The molecule has 3 N–H and O–H groups in total. The average Bonchev–Trinajstić information content (AvgIpc) is 3.67. The second kappa shape index (κ2) is 16.9. The molecule has 0 saturated heterocycles. The maximum atomic E-state index is 12.6. The van der Waals surface area contributed by atoms with Gasteiger partial charge in [0.1, 0.15) is 11.5 Å². The Balaban J connectivity index is 0.000000190. The van der Waals surface area contributed by atoms with E-state index in [2.05, 4.69) is 74.8 Å². The average molecular weight is 748 g/mol. The number of benzene rings is 5. The molecule has 286 valence electrons. The molecule has 7 rings (SSSR count). The molecule has 3 amide bonds. The molecule has 5 aromatic carbocycles. The van der Waals surface area contributed by atoms with Gasteiger partial charge >= 0.3 is 0 Å². The summed E-state index contributed by atoms with van der Waals surface area (Å²) in [6.45, 7) is 12.3. The zero-order chi connectivity index (χ0) is 40.1. The van der Waals surface area contributed by atoms with E-state index >= 15 is 0 Å². The number of carbonyl (C=O) groups is 3. The quantitative estimate of drug-likeness (QED) is 0.130. The third-order valence-corrected chi connectivity index (χ3v) is 9.94. The van der Waals surface area contributed by atoms with Crippen molar-refractivity contribution in [1.29, 1.82) is 0 Å². The first-order chi connectivity index (χ1) is 26.9. The van der Waals surface area contributed by atoms with Gasteiger partial charge in [0.05, 0.1) is 14.2 Å². The predicted octanol–water partition coefficient (Wildman–Crippen LogP) is 10.8. The molecule has 2 aliphatic rings. The van der Waals surface area contributed by atoms with E-state index in [4.69, 9.17) is 9.47 Å². The third-order valence-electron chi connectivity index (χ3n) is 9.94. The molecule has 0 unspecified atom stereocenters. The molecule has 56 heavy (non-hydrogen) atoms. The van der Waals surface area contributed by atoms with Crippen molar-refractivity contribution in [3.63, 3.8) is 0 Å². The van der Waals surface area contributed by atoms with Crippen LogP contribution in [0.3, 0.4) is 0 Å². The Bertz CT molecular complexity index is 2360. The van der Waals surface area contributed by atoms with Crippen molar-refractivity contribution in [1.82, 2.24) is 0 Å². The summed E-state index contributed by atoms with van der Waals surface area (Å²) in [6, 6.07) is 31.5. The molecule has 0 aliphatic carbocycles. The van der Waals surface area contributed by atoms with Crippen LogP contribution >= 0.6 is 0 Å². The molecule has 8 heteroatoms. The van der Waals surface area contributed by atoms with Gasteiger partial charge in [-0.2, -0.15) is 0 Å². The fourth-order valence-electron chi connectivity index (χ4n) is 7.10. The zero-order valence-electron chi connectivity index (χ0n) is 33.3. The van der Waals surface area contributed by atoms with Crippen LogP contribution in [-0.2, 0) is 20.8 Å². The Morgan fingerprint density at radius 2 is 1.32 bits per heavy atom. The largest absolute Gasteiger partial charge is 0.496 e. The van der Waals surface area contributed by atoms with Crippen LogP contribution in [0.1, 0.15) is 92.3 Å². The lowest BCUT2D eigenvalue weighted by Crippen LogP contribution is -2.05. The number of fused-ring (bicyclic) bond motifs is 2. The Kier molecular flexibility index (Phi) is 11.9. The van der Waals surface area contributed by atoms with Gasteiger partial charge in [-0.3, -0.25) is 14.4 Å². The number of nitrogens with one attached hydrogen (secondary N) is 3.